The van der Waals surface area contributed by atoms with Crippen LogP contribution in [0.5, 0.6) is 0 Å². The van der Waals surface area contributed by atoms with Crippen LogP contribution in [0.4, 0.5) is 12.6 Å². The van der Waals surface area contributed by atoms with Crippen LogP contribution in [0.25, 0.3) is 0 Å². The average Bonchev–Trinajstić information content (AvgIpc) is 3.20. The van der Waals surface area contributed by atoms with E-state index in [1.807, 2.05) is 0 Å². The molecule has 0 aromatic rings. The molecular weight excluding hydrogens is 916 g/mol. The zero-order valence-corrected chi connectivity index (χ0v) is 32.9. The van der Waals surface area contributed by atoms with Gasteiger partial charge >= 0.3 is 74.5 Å². The first-order valence-corrected chi connectivity index (χ1v) is 17.1. The summed E-state index contributed by atoms with van der Waals surface area (Å²) in [6, 6.07) is 0. The summed E-state index contributed by atoms with van der Waals surface area (Å²) in [4.78, 5) is 116. The van der Waals surface area contributed by atoms with Crippen molar-refractivity contribution in [3.8, 4) is 0 Å². The van der Waals surface area contributed by atoms with Gasteiger partial charge in [-0.3, -0.25) is 0 Å². The lowest BCUT2D eigenvalue weighted by atomic mass is 10.4. The van der Waals surface area contributed by atoms with Gasteiger partial charge in [0.2, 0.25) is 0 Å². The van der Waals surface area contributed by atoms with E-state index in [1.54, 1.807) is 0 Å². The summed E-state index contributed by atoms with van der Waals surface area (Å²) in [6.45, 7) is -3.11. The molecule has 0 spiro atoms. The number of carbonyl (C=O) groups is 11. The number of aliphatic hydroxyl groups excluding tert-OH is 4. The summed E-state index contributed by atoms with van der Waals surface area (Å²) in [5.74, 6) is -13.1. The van der Waals surface area contributed by atoms with Gasteiger partial charge in [0.25, 0.3) is 0 Å². The van der Waals surface area contributed by atoms with Crippen LogP contribution in [0.15, 0.2) is 72.9 Å². The van der Waals surface area contributed by atoms with E-state index >= 15 is 0 Å². The van der Waals surface area contributed by atoms with Gasteiger partial charge in [-0.25, -0.2) is 52.7 Å². The lowest BCUT2D eigenvalue weighted by molar-refractivity contribution is -0.166. The van der Waals surface area contributed by atoms with Crippen molar-refractivity contribution in [1.82, 2.24) is 0 Å². The van der Waals surface area contributed by atoms with Gasteiger partial charge in [0.15, 0.2) is 6.29 Å². The van der Waals surface area contributed by atoms with Crippen molar-refractivity contribution in [2.24, 2.45) is 0 Å². The van der Waals surface area contributed by atoms with Crippen molar-refractivity contribution in [3.05, 3.63) is 72.9 Å². The Hall–Kier alpha value is -7.37. The van der Waals surface area contributed by atoms with Crippen LogP contribution in [0.3, 0.4) is 0 Å². The van der Waals surface area contributed by atoms with E-state index in [0.717, 1.165) is 6.08 Å². The normalized spacial score (nSPS) is 12.3. The van der Waals surface area contributed by atoms with E-state index in [-0.39, 0.29) is 6.61 Å². The minimum absolute atomic E-state index is 0.362. The quantitative estimate of drug-likeness (QED) is 0.0156. The first-order chi connectivity index (χ1) is 29.7. The Bertz CT molecular complexity index is 1640. The van der Waals surface area contributed by atoms with E-state index in [4.69, 9.17) is 45.6 Å². The van der Waals surface area contributed by atoms with Gasteiger partial charge in [-0.15, -0.1) is 0 Å². The molecular formula is C33H38F3O27P. The summed E-state index contributed by atoms with van der Waals surface area (Å²) in [7, 11) is -4.12. The topological polar surface area (TPSA) is 445 Å². The minimum atomic E-state index is -4.12. The van der Waals surface area contributed by atoms with Crippen molar-refractivity contribution in [1.29, 1.82) is 0 Å². The number of carboxylic acids is 6. The Labute approximate surface area is 356 Å². The number of carbonyl (C=O) groups excluding carboxylic acids is 5. The fourth-order valence-electron chi connectivity index (χ4n) is 2.46. The molecule has 0 aromatic carbocycles. The molecule has 0 heterocycles. The summed E-state index contributed by atoms with van der Waals surface area (Å²) in [6.07, 6.45) is 1.81. The third-order valence-corrected chi connectivity index (χ3v) is 4.83. The Morgan fingerprint density at radius 3 is 0.875 bits per heavy atom. The van der Waals surface area contributed by atoms with Crippen molar-refractivity contribution in [2.45, 2.75) is 24.6 Å². The molecule has 0 saturated heterocycles. The van der Waals surface area contributed by atoms with Gasteiger partial charge in [-0.2, -0.15) is 12.6 Å². The lowest BCUT2D eigenvalue weighted by Crippen LogP contribution is -2.31. The fourth-order valence-corrected chi connectivity index (χ4v) is 2.46. The van der Waals surface area contributed by atoms with Crippen LogP contribution < -0.4 is 0 Å². The molecule has 0 aliphatic rings. The largest absolute Gasteiger partial charge is 0.478 e. The molecule has 0 radical (unpaired) electrons. The zero-order chi connectivity index (χ0) is 50.2. The molecule has 27 nitrogen and oxygen atoms in total. The maximum Gasteiger partial charge on any atom is 0.456 e. The van der Waals surface area contributed by atoms with Gasteiger partial charge in [-0.05, 0) is 6.08 Å². The van der Waals surface area contributed by atoms with Crippen LogP contribution in [0.1, 0.15) is 0 Å². The molecule has 31 heteroatoms. The number of rotatable bonds is 25. The van der Waals surface area contributed by atoms with Crippen molar-refractivity contribution >= 4 is 74.5 Å². The van der Waals surface area contributed by atoms with Crippen molar-refractivity contribution in [2.75, 3.05) is 39.6 Å². The summed E-state index contributed by atoms with van der Waals surface area (Å²) < 4.78 is 56.6. The van der Waals surface area contributed by atoms with Gasteiger partial charge in [-0.1, -0.05) is 0 Å². The first-order valence-electron chi connectivity index (χ1n) is 16.1. The van der Waals surface area contributed by atoms with Gasteiger partial charge in [0, 0.05) is 66.8 Å². The minimum Gasteiger partial charge on any atom is -0.478 e. The smallest absolute Gasteiger partial charge is 0.456 e. The van der Waals surface area contributed by atoms with Crippen LogP contribution >= 0.6 is 8.85 Å². The molecule has 0 rings (SSSR count). The van der Waals surface area contributed by atoms with Gasteiger partial charge < -0.3 is 79.5 Å². The van der Waals surface area contributed by atoms with Crippen molar-refractivity contribution in [3.63, 3.8) is 0 Å². The molecule has 0 aromatic heterocycles. The highest BCUT2D eigenvalue weighted by Gasteiger charge is 2.18. The van der Waals surface area contributed by atoms with E-state index in [1.165, 1.54) is 0 Å². The van der Waals surface area contributed by atoms with E-state index in [2.05, 4.69) is 23.7 Å². The Kier molecular flexibility index (Phi) is 39.3. The molecule has 3 unspecified atom stereocenters. The van der Waals surface area contributed by atoms with E-state index < -0.39 is 132 Å². The highest BCUT2D eigenvalue weighted by molar-refractivity contribution is 7.40. The molecule has 0 aliphatic carbocycles. The SMILES string of the molecule is FP(F)F.O=C(O)/C=C/C(=O)OCC(O)COC(=O)/C=C/C(=O)O.O=C(O)/C=C\C(=O)OCC(COC(=O)/C=C/C(=O)O)OC(O)/C=C/C(=O)O.O=C(O)/C=C\C(=O)OCC(O)CO. The van der Waals surface area contributed by atoms with E-state index in [9.17, 15) is 75.5 Å². The molecule has 0 amide bonds. The van der Waals surface area contributed by atoms with Crippen LogP contribution in [0, 0.1) is 0 Å². The number of halogens is 3. The Morgan fingerprint density at radius 2 is 0.641 bits per heavy atom. The average molecular weight is 955 g/mol. The number of hydrogen-bond donors (Lipinski definition) is 10. The molecule has 3 atom stereocenters. The summed E-state index contributed by atoms with van der Waals surface area (Å²) in [5.41, 5.74) is 0. The maximum absolute atomic E-state index is 11.3. The molecule has 64 heavy (non-hydrogen) atoms. The second-order valence-corrected chi connectivity index (χ2v) is 10.4. The maximum atomic E-state index is 11.3. The number of ether oxygens (including phenoxy) is 6. The number of esters is 5. The van der Waals surface area contributed by atoms with Crippen molar-refractivity contribution < 1.29 is 145 Å². The third-order valence-electron chi connectivity index (χ3n) is 4.83. The molecule has 0 aliphatic heterocycles. The first kappa shape index (κ1) is 63.3. The lowest BCUT2D eigenvalue weighted by Gasteiger charge is -2.19. The molecule has 0 saturated carbocycles. The van der Waals surface area contributed by atoms with Crippen LogP contribution in [0.2, 0.25) is 0 Å². The summed E-state index contributed by atoms with van der Waals surface area (Å²) >= 11 is 0. The van der Waals surface area contributed by atoms with E-state index in [0.29, 0.717) is 66.8 Å². The van der Waals surface area contributed by atoms with Crippen LogP contribution in [-0.2, 0) is 81.2 Å². The van der Waals surface area contributed by atoms with Gasteiger partial charge in [0.1, 0.15) is 51.3 Å². The number of hydrogen-bond acceptors (Lipinski definition) is 21. The van der Waals surface area contributed by atoms with Crippen LogP contribution in [-0.4, -0.2) is 181 Å². The Morgan fingerprint density at radius 1 is 0.406 bits per heavy atom. The monoisotopic (exact) mass is 954 g/mol. The standard InChI is InChI=1S/C15H16O12.C11H12O9.C7H10O6.F3P/c16-10(17)1-4-13(22)25-7-9(27-15(24)6-3-12(20)21)8-26-14(23)5-2-11(18)19;12-7(5-19-10(17)3-1-8(13)14)6-20-11(18)4-2-9(15)16;8-3-5(9)4-13-7(12)2-1-6(10)11;1-4(2)3/h1-6,9,15,24H,7-8H2,(H,16,17)(H,18,19)(H,20,21);1-4,7,12H,5-6H2,(H,13,14)(H,15,16);1-2,5,8-9H,3-4H2,(H,10,11);/b4-1-,5-2+,6-3+;3-1+,4-2+;2-1-;. The molecule has 358 valence electrons. The number of aliphatic hydroxyl groups is 4. The second-order valence-electron chi connectivity index (χ2n) is 10.0. The molecule has 0 bridgehead atoms. The third kappa shape index (κ3) is 54.6. The molecule has 0 fully saturated rings. The highest BCUT2D eigenvalue weighted by atomic mass is 31.2. The highest BCUT2D eigenvalue weighted by Crippen LogP contribution is 2.39. The Balaban J connectivity index is -0.000000426. The predicted octanol–water partition coefficient (Wildman–Crippen LogP) is -1.94. The zero-order valence-electron chi connectivity index (χ0n) is 32.0. The second kappa shape index (κ2) is 39.7. The number of aliphatic carboxylic acids is 6. The van der Waals surface area contributed by atoms with Gasteiger partial charge in [0.05, 0.1) is 6.61 Å². The predicted molar refractivity (Wildman–Crippen MR) is 196 cm³/mol. The fraction of sp³-hybridized carbons (Fsp3) is 0.303. The number of carboxylic acid groups (broad SMARTS) is 6. The molecule has 10 N–H and O–H groups in total. The summed E-state index contributed by atoms with van der Waals surface area (Å²) in [5, 5.41) is 85.6.